The van der Waals surface area contributed by atoms with Gasteiger partial charge in [0.2, 0.25) is 0 Å². The number of allylic oxidation sites excluding steroid dienone is 11. The molecular weight excluding hydrogens is 460 g/mol. The Morgan fingerprint density at radius 3 is 1.81 bits per heavy atom. The molecule has 0 N–H and O–H groups in total. The van der Waals surface area contributed by atoms with Crippen LogP contribution in [-0.2, 0) is 0 Å². The van der Waals surface area contributed by atoms with E-state index >= 15 is 0 Å². The van der Waals surface area contributed by atoms with Crippen molar-refractivity contribution < 1.29 is 0 Å². The van der Waals surface area contributed by atoms with Gasteiger partial charge in [0, 0.05) is 0 Å². The maximum Gasteiger partial charge on any atom is 0.0651 e. The van der Waals surface area contributed by atoms with Crippen LogP contribution in [0.25, 0.3) is 11.6 Å². The maximum absolute atomic E-state index is 2.58. The van der Waals surface area contributed by atoms with Crippen LogP contribution in [0.15, 0.2) is 120 Å². The summed E-state index contributed by atoms with van der Waals surface area (Å²) in [5.74, 6) is 3.76. The second-order valence-electron chi connectivity index (χ2n) is 11.7. The molecule has 2 saturated carbocycles. The van der Waals surface area contributed by atoms with E-state index in [9.17, 15) is 0 Å². The lowest BCUT2D eigenvalue weighted by Crippen LogP contribution is -2.24. The van der Waals surface area contributed by atoms with Crippen molar-refractivity contribution in [2.24, 2.45) is 35.5 Å². The molecule has 1 heteroatoms. The van der Waals surface area contributed by atoms with Gasteiger partial charge in [0.15, 0.2) is 0 Å². The molecule has 0 bridgehead atoms. The van der Waals surface area contributed by atoms with Crippen molar-refractivity contribution in [3.63, 3.8) is 0 Å². The molecule has 37 heavy (non-hydrogen) atoms. The molecule has 0 aliphatic heterocycles. The molecule has 6 rings (SSSR count). The second-order valence-corrected chi connectivity index (χ2v) is 14.7. The van der Waals surface area contributed by atoms with Gasteiger partial charge in [0.05, 0.1) is 8.80 Å². The number of hydrogen-bond donors (Lipinski definition) is 0. The van der Waals surface area contributed by atoms with Crippen molar-refractivity contribution >= 4 is 20.4 Å². The Hall–Kier alpha value is -2.90. The number of rotatable bonds is 6. The van der Waals surface area contributed by atoms with E-state index in [4.69, 9.17) is 0 Å². The summed E-state index contributed by atoms with van der Waals surface area (Å²) in [4.78, 5) is 0. The SMILES string of the molecule is C[SiH](C)C(=Cc1ccccc1)C(=C(c1ccccc1)C1CCC2C=CC=CC21)C1CCC2C=CC=CC21. The van der Waals surface area contributed by atoms with Gasteiger partial charge in [-0.1, -0.05) is 134 Å². The smallest absolute Gasteiger partial charge is 0.0651 e. The van der Waals surface area contributed by atoms with Crippen LogP contribution in [-0.4, -0.2) is 8.80 Å². The average Bonchev–Trinajstić information content (AvgIpc) is 3.56. The molecule has 2 aromatic rings. The molecule has 2 fully saturated rings. The largest absolute Gasteiger partial charge is 0.0808 e. The zero-order valence-electron chi connectivity index (χ0n) is 22.3. The predicted octanol–water partition coefficient (Wildman–Crippen LogP) is 9.09. The van der Waals surface area contributed by atoms with Gasteiger partial charge in [-0.05, 0) is 83.5 Å². The van der Waals surface area contributed by atoms with E-state index in [-0.39, 0.29) is 0 Å². The lowest BCUT2D eigenvalue weighted by atomic mass is 9.73. The molecule has 0 saturated heterocycles. The van der Waals surface area contributed by atoms with Crippen LogP contribution in [0.1, 0.15) is 36.8 Å². The molecule has 4 aliphatic rings. The van der Waals surface area contributed by atoms with Crippen LogP contribution in [0.2, 0.25) is 13.1 Å². The molecule has 0 amide bonds. The summed E-state index contributed by atoms with van der Waals surface area (Å²) in [6.45, 7) is 5.09. The van der Waals surface area contributed by atoms with Gasteiger partial charge in [0.1, 0.15) is 0 Å². The van der Waals surface area contributed by atoms with Crippen LogP contribution in [0, 0.1) is 35.5 Å². The van der Waals surface area contributed by atoms with Crippen molar-refractivity contribution in [3.05, 3.63) is 131 Å². The fourth-order valence-electron chi connectivity index (χ4n) is 7.63. The number of hydrogen-bond acceptors (Lipinski definition) is 0. The fraction of sp³-hybridized carbons (Fsp3) is 0.333. The first-order valence-corrected chi connectivity index (χ1v) is 17.4. The normalized spacial score (nSPS) is 30.9. The first-order valence-electron chi connectivity index (χ1n) is 14.5. The molecule has 0 spiro atoms. The van der Waals surface area contributed by atoms with Gasteiger partial charge in [-0.3, -0.25) is 0 Å². The van der Waals surface area contributed by atoms with E-state index in [1.165, 1.54) is 36.8 Å². The van der Waals surface area contributed by atoms with Crippen molar-refractivity contribution in [1.29, 1.82) is 0 Å². The van der Waals surface area contributed by atoms with Crippen molar-refractivity contribution in [2.75, 3.05) is 0 Å². The third-order valence-electron chi connectivity index (χ3n) is 9.32. The lowest BCUT2D eigenvalue weighted by Gasteiger charge is -2.34. The van der Waals surface area contributed by atoms with E-state index in [0.29, 0.717) is 35.5 Å². The summed E-state index contributed by atoms with van der Waals surface area (Å²) < 4.78 is 0. The Labute approximate surface area is 225 Å². The highest BCUT2D eigenvalue weighted by atomic mass is 28.3. The zero-order chi connectivity index (χ0) is 25.2. The highest BCUT2D eigenvalue weighted by Crippen LogP contribution is 2.54. The monoisotopic (exact) mass is 500 g/mol. The molecule has 2 aromatic carbocycles. The van der Waals surface area contributed by atoms with Crippen LogP contribution < -0.4 is 0 Å². The van der Waals surface area contributed by atoms with E-state index < -0.39 is 8.80 Å². The van der Waals surface area contributed by atoms with Crippen molar-refractivity contribution in [1.82, 2.24) is 0 Å². The van der Waals surface area contributed by atoms with E-state index in [1.807, 2.05) is 0 Å². The summed E-state index contributed by atoms with van der Waals surface area (Å²) >= 11 is 0. The third-order valence-corrected chi connectivity index (χ3v) is 11.0. The summed E-state index contributed by atoms with van der Waals surface area (Å²) in [5, 5.41) is 1.68. The van der Waals surface area contributed by atoms with Crippen molar-refractivity contribution in [2.45, 2.75) is 38.8 Å². The Morgan fingerprint density at radius 2 is 1.19 bits per heavy atom. The summed E-state index contributed by atoms with van der Waals surface area (Å²) in [7, 11) is -1.15. The average molecular weight is 501 g/mol. The molecule has 4 aliphatic carbocycles. The maximum atomic E-state index is 2.58. The van der Waals surface area contributed by atoms with Crippen LogP contribution >= 0.6 is 0 Å². The first-order chi connectivity index (χ1) is 18.2. The van der Waals surface area contributed by atoms with Crippen molar-refractivity contribution in [3.8, 4) is 0 Å². The van der Waals surface area contributed by atoms with Gasteiger partial charge < -0.3 is 0 Å². The van der Waals surface area contributed by atoms with Crippen LogP contribution in [0.5, 0.6) is 0 Å². The summed E-state index contributed by atoms with van der Waals surface area (Å²) in [5.41, 5.74) is 6.20. The molecule has 6 atom stereocenters. The third kappa shape index (κ3) is 4.87. The Kier molecular flexibility index (Phi) is 7.16. The molecule has 6 unspecified atom stereocenters. The van der Waals surface area contributed by atoms with Crippen LogP contribution in [0.4, 0.5) is 0 Å². The lowest BCUT2D eigenvalue weighted by molar-refractivity contribution is 0.464. The zero-order valence-corrected chi connectivity index (χ0v) is 23.5. The second kappa shape index (κ2) is 10.8. The fourth-order valence-corrected chi connectivity index (χ4v) is 9.14. The topological polar surface area (TPSA) is 0 Å². The molecule has 0 radical (unpaired) electrons. The van der Waals surface area contributed by atoms with Gasteiger partial charge in [0.25, 0.3) is 0 Å². The molecule has 0 heterocycles. The Morgan fingerprint density at radius 1 is 0.649 bits per heavy atom. The highest BCUT2D eigenvalue weighted by molar-refractivity contribution is 6.66. The molecular formula is C36H40Si. The van der Waals surface area contributed by atoms with Gasteiger partial charge in [-0.2, -0.15) is 0 Å². The van der Waals surface area contributed by atoms with Gasteiger partial charge in [-0.15, -0.1) is 0 Å². The van der Waals surface area contributed by atoms with E-state index in [1.54, 1.807) is 16.3 Å². The first kappa shape index (κ1) is 24.4. The predicted molar refractivity (Wildman–Crippen MR) is 163 cm³/mol. The number of benzene rings is 2. The van der Waals surface area contributed by atoms with E-state index in [2.05, 4.69) is 128 Å². The standard InChI is InChI=1S/C36H40Si/c1-37(2)34(25-26-13-5-3-6-14-26)36(33-24-22-28-16-10-12-20-31(28)33)35(29-17-7-4-8-18-29)32-23-21-27-15-9-11-19-30(27)32/h3-20,25,27-28,30-33,37H,21-24H2,1-2H3. The molecule has 188 valence electrons. The minimum Gasteiger partial charge on any atom is -0.0808 e. The summed E-state index contributed by atoms with van der Waals surface area (Å²) in [6.07, 6.45) is 27.0. The highest BCUT2D eigenvalue weighted by Gasteiger charge is 2.43. The Bertz CT molecular complexity index is 1270. The van der Waals surface area contributed by atoms with Gasteiger partial charge in [-0.25, -0.2) is 0 Å². The van der Waals surface area contributed by atoms with E-state index in [0.717, 1.165) is 0 Å². The summed E-state index contributed by atoms with van der Waals surface area (Å²) in [6, 6.07) is 22.6. The minimum absolute atomic E-state index is 0.581. The quantitative estimate of drug-likeness (QED) is 0.274. The van der Waals surface area contributed by atoms with Crippen LogP contribution in [0.3, 0.4) is 0 Å². The number of fused-ring (bicyclic) bond motifs is 2. The molecule has 0 aromatic heterocycles. The Balaban J connectivity index is 1.60. The minimum atomic E-state index is -1.15. The van der Waals surface area contributed by atoms with Gasteiger partial charge >= 0.3 is 0 Å². The molecule has 0 nitrogen and oxygen atoms in total.